The Kier molecular flexibility index (Phi) is 6.46. The molecule has 1 atom stereocenters. The summed E-state index contributed by atoms with van der Waals surface area (Å²) < 4.78 is 10.5. The fraction of sp³-hybridized carbons (Fsp3) is 0.923. The Bertz CT molecular complexity index is 197. The maximum absolute atomic E-state index is 11.5. The SMILES string of the molecule is CCCCC(OCC1CCCC1)C(=O)OC. The van der Waals surface area contributed by atoms with Crippen LogP contribution in [-0.2, 0) is 14.3 Å². The van der Waals surface area contributed by atoms with Gasteiger partial charge < -0.3 is 9.47 Å². The largest absolute Gasteiger partial charge is 0.467 e. The topological polar surface area (TPSA) is 35.5 Å². The molecule has 94 valence electrons. The van der Waals surface area contributed by atoms with Crippen molar-refractivity contribution in [3.8, 4) is 0 Å². The van der Waals surface area contributed by atoms with Crippen molar-refractivity contribution < 1.29 is 14.3 Å². The van der Waals surface area contributed by atoms with Crippen LogP contribution in [0.15, 0.2) is 0 Å². The number of rotatable bonds is 7. The lowest BCUT2D eigenvalue weighted by atomic mass is 10.1. The van der Waals surface area contributed by atoms with Gasteiger partial charge in [-0.2, -0.15) is 0 Å². The Morgan fingerprint density at radius 1 is 1.38 bits per heavy atom. The van der Waals surface area contributed by atoms with Crippen molar-refractivity contribution in [2.75, 3.05) is 13.7 Å². The second-order valence-electron chi connectivity index (χ2n) is 4.64. The molecule has 1 rings (SSSR count). The molecule has 16 heavy (non-hydrogen) atoms. The molecular formula is C13H24O3. The number of esters is 1. The molecule has 0 bridgehead atoms. The molecule has 0 aromatic heterocycles. The van der Waals surface area contributed by atoms with E-state index in [-0.39, 0.29) is 12.1 Å². The van der Waals surface area contributed by atoms with Crippen molar-refractivity contribution >= 4 is 5.97 Å². The minimum absolute atomic E-state index is 0.216. The third-order valence-electron chi connectivity index (χ3n) is 3.29. The highest BCUT2D eigenvalue weighted by molar-refractivity contribution is 5.74. The molecule has 0 N–H and O–H groups in total. The van der Waals surface area contributed by atoms with Crippen molar-refractivity contribution in [2.45, 2.75) is 58.0 Å². The van der Waals surface area contributed by atoms with Crippen LogP contribution in [0.5, 0.6) is 0 Å². The van der Waals surface area contributed by atoms with E-state index in [0.29, 0.717) is 5.92 Å². The molecule has 0 saturated heterocycles. The van der Waals surface area contributed by atoms with Crippen molar-refractivity contribution in [3.05, 3.63) is 0 Å². The third kappa shape index (κ3) is 4.52. The molecule has 1 fully saturated rings. The number of ether oxygens (including phenoxy) is 2. The summed E-state index contributed by atoms with van der Waals surface area (Å²) in [5.74, 6) is 0.445. The molecule has 1 aliphatic carbocycles. The second-order valence-corrected chi connectivity index (χ2v) is 4.64. The molecule has 0 aromatic carbocycles. The lowest BCUT2D eigenvalue weighted by Gasteiger charge is -2.17. The Labute approximate surface area is 98.5 Å². The van der Waals surface area contributed by atoms with E-state index in [1.54, 1.807) is 0 Å². The van der Waals surface area contributed by atoms with E-state index in [0.717, 1.165) is 25.9 Å². The van der Waals surface area contributed by atoms with Crippen molar-refractivity contribution in [2.24, 2.45) is 5.92 Å². The Hall–Kier alpha value is -0.570. The molecule has 0 radical (unpaired) electrons. The van der Waals surface area contributed by atoms with E-state index < -0.39 is 0 Å². The fourth-order valence-corrected chi connectivity index (χ4v) is 2.22. The molecule has 0 aliphatic heterocycles. The quantitative estimate of drug-likeness (QED) is 0.628. The minimum atomic E-state index is -0.342. The molecule has 0 heterocycles. The Balaban J connectivity index is 2.27. The molecule has 3 heteroatoms. The molecular weight excluding hydrogens is 204 g/mol. The van der Waals surface area contributed by atoms with Gasteiger partial charge in [-0.1, -0.05) is 32.6 Å². The summed E-state index contributed by atoms with van der Waals surface area (Å²) in [6.45, 7) is 2.84. The normalized spacial score (nSPS) is 18.6. The average Bonchev–Trinajstić information content (AvgIpc) is 2.81. The summed E-state index contributed by atoms with van der Waals surface area (Å²) >= 11 is 0. The molecule has 1 saturated carbocycles. The first-order chi connectivity index (χ1) is 7.77. The van der Waals surface area contributed by atoms with Gasteiger partial charge in [-0.3, -0.25) is 0 Å². The van der Waals surface area contributed by atoms with E-state index in [4.69, 9.17) is 9.47 Å². The average molecular weight is 228 g/mol. The van der Waals surface area contributed by atoms with E-state index in [1.165, 1.54) is 32.8 Å². The van der Waals surface area contributed by atoms with Crippen LogP contribution in [0.3, 0.4) is 0 Å². The zero-order valence-electron chi connectivity index (χ0n) is 10.5. The van der Waals surface area contributed by atoms with Crippen molar-refractivity contribution in [1.29, 1.82) is 0 Å². The van der Waals surface area contributed by atoms with Crippen LogP contribution in [0.1, 0.15) is 51.9 Å². The van der Waals surface area contributed by atoms with E-state index in [1.807, 2.05) is 0 Å². The Morgan fingerprint density at radius 2 is 2.06 bits per heavy atom. The minimum Gasteiger partial charge on any atom is -0.467 e. The fourth-order valence-electron chi connectivity index (χ4n) is 2.22. The van der Waals surface area contributed by atoms with Gasteiger partial charge in [-0.25, -0.2) is 4.79 Å². The van der Waals surface area contributed by atoms with Crippen LogP contribution in [-0.4, -0.2) is 25.8 Å². The number of carbonyl (C=O) groups excluding carboxylic acids is 1. The molecule has 0 aromatic rings. The smallest absolute Gasteiger partial charge is 0.334 e. The first-order valence-corrected chi connectivity index (χ1v) is 6.47. The van der Waals surface area contributed by atoms with Crippen molar-refractivity contribution in [1.82, 2.24) is 0 Å². The van der Waals surface area contributed by atoms with Gasteiger partial charge in [0.15, 0.2) is 6.10 Å². The van der Waals surface area contributed by atoms with Gasteiger partial charge >= 0.3 is 5.97 Å². The maximum atomic E-state index is 11.5. The highest BCUT2D eigenvalue weighted by atomic mass is 16.6. The van der Waals surface area contributed by atoms with Crippen LogP contribution in [0, 0.1) is 5.92 Å². The summed E-state index contributed by atoms with van der Waals surface area (Å²) in [5, 5.41) is 0. The predicted octanol–water partition coefficient (Wildman–Crippen LogP) is 2.93. The van der Waals surface area contributed by atoms with E-state index in [9.17, 15) is 4.79 Å². The van der Waals surface area contributed by atoms with Gasteiger partial charge in [0.2, 0.25) is 0 Å². The monoisotopic (exact) mass is 228 g/mol. The van der Waals surface area contributed by atoms with Gasteiger partial charge in [0, 0.05) is 0 Å². The van der Waals surface area contributed by atoms with Gasteiger partial charge in [0.05, 0.1) is 13.7 Å². The molecule has 1 aliphatic rings. The van der Waals surface area contributed by atoms with Gasteiger partial charge in [0.25, 0.3) is 0 Å². The highest BCUT2D eigenvalue weighted by Gasteiger charge is 2.22. The van der Waals surface area contributed by atoms with E-state index >= 15 is 0 Å². The summed E-state index contributed by atoms with van der Waals surface area (Å²) in [6, 6.07) is 0. The van der Waals surface area contributed by atoms with Crippen LogP contribution in [0.2, 0.25) is 0 Å². The standard InChI is InChI=1S/C13H24O3/c1-3-4-9-12(13(14)15-2)16-10-11-7-5-6-8-11/h11-12H,3-10H2,1-2H3. The van der Waals surface area contributed by atoms with Gasteiger partial charge in [-0.15, -0.1) is 0 Å². The number of methoxy groups -OCH3 is 1. The van der Waals surface area contributed by atoms with Crippen LogP contribution < -0.4 is 0 Å². The van der Waals surface area contributed by atoms with Crippen LogP contribution in [0.4, 0.5) is 0 Å². The maximum Gasteiger partial charge on any atom is 0.334 e. The van der Waals surface area contributed by atoms with E-state index in [2.05, 4.69) is 6.92 Å². The molecule has 3 nitrogen and oxygen atoms in total. The first kappa shape index (κ1) is 13.5. The number of unbranched alkanes of at least 4 members (excludes halogenated alkanes) is 1. The summed E-state index contributed by atoms with van der Waals surface area (Å²) in [5.41, 5.74) is 0. The van der Waals surface area contributed by atoms with Crippen LogP contribution >= 0.6 is 0 Å². The van der Waals surface area contributed by atoms with Crippen LogP contribution in [0.25, 0.3) is 0 Å². The number of hydrogen-bond acceptors (Lipinski definition) is 3. The van der Waals surface area contributed by atoms with Gasteiger partial charge in [0.1, 0.15) is 0 Å². The highest BCUT2D eigenvalue weighted by Crippen LogP contribution is 2.25. The lowest BCUT2D eigenvalue weighted by Crippen LogP contribution is -2.27. The first-order valence-electron chi connectivity index (χ1n) is 6.47. The van der Waals surface area contributed by atoms with Crippen molar-refractivity contribution in [3.63, 3.8) is 0 Å². The molecule has 0 spiro atoms. The van der Waals surface area contributed by atoms with Gasteiger partial charge in [-0.05, 0) is 25.2 Å². The molecule has 1 unspecified atom stereocenters. The summed E-state index contributed by atoms with van der Waals surface area (Å²) in [6.07, 6.45) is 7.67. The zero-order chi connectivity index (χ0) is 11.8. The predicted molar refractivity (Wildman–Crippen MR) is 63.2 cm³/mol. The number of hydrogen-bond donors (Lipinski definition) is 0. The summed E-state index contributed by atoms with van der Waals surface area (Å²) in [7, 11) is 1.43. The third-order valence-corrected chi connectivity index (χ3v) is 3.29. The number of carbonyl (C=O) groups is 1. The summed E-state index contributed by atoms with van der Waals surface area (Å²) in [4.78, 5) is 11.5. The Morgan fingerprint density at radius 3 is 2.62 bits per heavy atom. The second kappa shape index (κ2) is 7.66. The zero-order valence-corrected chi connectivity index (χ0v) is 10.5. The molecule has 0 amide bonds. The lowest BCUT2D eigenvalue weighted by molar-refractivity contribution is -0.155.